The largest absolute Gasteiger partial charge is 0.451 e. The summed E-state index contributed by atoms with van der Waals surface area (Å²) in [4.78, 5) is 17.9. The third-order valence-corrected chi connectivity index (χ3v) is 6.83. The lowest BCUT2D eigenvalue weighted by Gasteiger charge is -2.21. The van der Waals surface area contributed by atoms with Crippen LogP contribution in [0.1, 0.15) is 62.5 Å². The molecule has 1 aliphatic carbocycles. The van der Waals surface area contributed by atoms with Crippen LogP contribution in [0, 0.1) is 30.1 Å². The summed E-state index contributed by atoms with van der Waals surface area (Å²) in [6.45, 7) is 7.01. The average molecular weight is 581 g/mol. The van der Waals surface area contributed by atoms with E-state index in [9.17, 15) is 23.2 Å². The predicted octanol–water partition coefficient (Wildman–Crippen LogP) is 6.61. The zero-order valence-electron chi connectivity index (χ0n) is 23.0. The second-order valence-corrected chi connectivity index (χ2v) is 10.1. The van der Waals surface area contributed by atoms with Crippen LogP contribution in [-0.2, 0) is 38.8 Å². The van der Waals surface area contributed by atoms with Crippen LogP contribution < -0.4 is 0 Å². The molecule has 1 heterocycles. The second kappa shape index (κ2) is 13.2. The molecule has 8 nitrogen and oxygen atoms in total. The van der Waals surface area contributed by atoms with E-state index in [0.29, 0.717) is 24.6 Å². The Hall–Kier alpha value is -3.52. The van der Waals surface area contributed by atoms with Crippen LogP contribution in [0.3, 0.4) is 0 Å². The molecule has 1 fully saturated rings. The van der Waals surface area contributed by atoms with Crippen LogP contribution in [0.2, 0.25) is 5.02 Å². The van der Waals surface area contributed by atoms with E-state index in [0.717, 1.165) is 25.0 Å². The van der Waals surface area contributed by atoms with Crippen molar-refractivity contribution in [3.63, 3.8) is 0 Å². The number of oxime groups is 1. The van der Waals surface area contributed by atoms with Crippen LogP contribution in [0.5, 0.6) is 0 Å². The molecule has 0 bridgehead atoms. The van der Waals surface area contributed by atoms with Gasteiger partial charge >= 0.3 is 12.1 Å². The van der Waals surface area contributed by atoms with Crippen LogP contribution in [-0.4, -0.2) is 34.4 Å². The van der Waals surface area contributed by atoms with E-state index >= 15 is 0 Å². The topological polar surface area (TPSA) is 98.7 Å². The lowest BCUT2D eigenvalue weighted by atomic mass is 9.99. The van der Waals surface area contributed by atoms with Gasteiger partial charge in [-0.3, -0.25) is 9.48 Å². The number of halogens is 4. The fraction of sp³-hybridized carbons (Fsp3) is 0.500. The van der Waals surface area contributed by atoms with E-state index in [-0.39, 0.29) is 45.7 Å². The van der Waals surface area contributed by atoms with Crippen molar-refractivity contribution in [2.45, 2.75) is 65.8 Å². The number of hydrogen-bond donors (Lipinski definition) is 0. The van der Waals surface area contributed by atoms with Crippen LogP contribution >= 0.6 is 11.6 Å². The Morgan fingerprint density at radius 3 is 2.55 bits per heavy atom. The van der Waals surface area contributed by atoms with Gasteiger partial charge in [-0.05, 0) is 43.7 Å². The van der Waals surface area contributed by atoms with E-state index < -0.39 is 24.0 Å². The minimum absolute atomic E-state index is 0.0212. The molecule has 0 radical (unpaired) electrons. The molecular weight excluding hydrogens is 549 g/mol. The molecule has 0 amide bonds. The molecule has 1 aromatic carbocycles. The molecule has 0 spiro atoms. The van der Waals surface area contributed by atoms with Crippen molar-refractivity contribution >= 4 is 29.0 Å². The fourth-order valence-corrected chi connectivity index (χ4v) is 3.96. The summed E-state index contributed by atoms with van der Waals surface area (Å²) in [5, 5.41) is 19.0. The number of alkyl halides is 3. The summed E-state index contributed by atoms with van der Waals surface area (Å²) in [5.41, 5.74) is -0.0565. The van der Waals surface area contributed by atoms with Gasteiger partial charge in [-0.15, -0.1) is 0 Å². The Kier molecular flexibility index (Phi) is 10.3. The SMILES string of the molecule is CCC(C)C(=O)OC(C)O/C(=C(C#N)\C(Cc1cccc(C(F)(F)F)c1)=N\OCC1CC1)c1c(Cl)c(C)nn1C. The van der Waals surface area contributed by atoms with Crippen molar-refractivity contribution in [3.05, 3.63) is 57.4 Å². The first-order valence-electron chi connectivity index (χ1n) is 12.9. The highest BCUT2D eigenvalue weighted by molar-refractivity contribution is 6.33. The molecule has 40 heavy (non-hydrogen) atoms. The summed E-state index contributed by atoms with van der Waals surface area (Å²) in [6, 6.07) is 6.79. The molecule has 2 atom stereocenters. The zero-order chi connectivity index (χ0) is 29.6. The van der Waals surface area contributed by atoms with Gasteiger partial charge in [0.15, 0.2) is 5.76 Å². The number of esters is 1. The molecule has 216 valence electrons. The molecule has 0 aliphatic heterocycles. The summed E-state index contributed by atoms with van der Waals surface area (Å²) in [5.74, 6) is -0.644. The highest BCUT2D eigenvalue weighted by Gasteiger charge is 2.32. The van der Waals surface area contributed by atoms with E-state index in [1.807, 2.05) is 6.92 Å². The zero-order valence-corrected chi connectivity index (χ0v) is 23.8. The maximum Gasteiger partial charge on any atom is 0.416 e. The Labute approximate surface area is 236 Å². The van der Waals surface area contributed by atoms with Crippen LogP contribution in [0.4, 0.5) is 13.2 Å². The number of aryl methyl sites for hydroxylation is 2. The van der Waals surface area contributed by atoms with Gasteiger partial charge in [0.25, 0.3) is 0 Å². The van der Waals surface area contributed by atoms with Gasteiger partial charge in [-0.25, -0.2) is 0 Å². The number of benzene rings is 1. The monoisotopic (exact) mass is 580 g/mol. The molecule has 0 N–H and O–H groups in total. The third kappa shape index (κ3) is 8.01. The van der Waals surface area contributed by atoms with Crippen molar-refractivity contribution in [3.8, 4) is 6.07 Å². The molecule has 2 unspecified atom stereocenters. The molecule has 1 saturated carbocycles. The minimum atomic E-state index is -4.55. The van der Waals surface area contributed by atoms with E-state index in [4.69, 9.17) is 25.9 Å². The molecule has 1 aliphatic rings. The lowest BCUT2D eigenvalue weighted by Crippen LogP contribution is -2.24. The van der Waals surface area contributed by atoms with Gasteiger partial charge in [0.1, 0.15) is 29.7 Å². The van der Waals surface area contributed by atoms with Crippen molar-refractivity contribution in [1.82, 2.24) is 9.78 Å². The number of rotatable bonds is 12. The average Bonchev–Trinajstić information content (AvgIpc) is 3.68. The maximum absolute atomic E-state index is 13.4. The molecule has 0 saturated heterocycles. The van der Waals surface area contributed by atoms with Gasteiger partial charge in [-0.1, -0.05) is 48.8 Å². The molecule has 3 rings (SSSR count). The van der Waals surface area contributed by atoms with Crippen molar-refractivity contribution < 1.29 is 32.3 Å². The Morgan fingerprint density at radius 2 is 2.00 bits per heavy atom. The Balaban J connectivity index is 2.12. The van der Waals surface area contributed by atoms with E-state index in [1.54, 1.807) is 20.9 Å². The number of allylic oxidation sites excluding steroid dienone is 1. The Morgan fingerprint density at radius 1 is 1.30 bits per heavy atom. The van der Waals surface area contributed by atoms with Gasteiger partial charge in [0.05, 0.1) is 22.2 Å². The first-order valence-corrected chi connectivity index (χ1v) is 13.3. The quantitative estimate of drug-likeness (QED) is 0.0699. The number of hydrogen-bond acceptors (Lipinski definition) is 7. The predicted molar refractivity (Wildman–Crippen MR) is 143 cm³/mol. The third-order valence-electron chi connectivity index (χ3n) is 6.38. The molecule has 1 aromatic heterocycles. The van der Waals surface area contributed by atoms with Crippen molar-refractivity contribution in [2.75, 3.05) is 6.61 Å². The maximum atomic E-state index is 13.4. The van der Waals surface area contributed by atoms with E-state index in [1.165, 1.54) is 23.7 Å². The summed E-state index contributed by atoms with van der Waals surface area (Å²) >= 11 is 6.55. The molecule has 2 aromatic rings. The minimum Gasteiger partial charge on any atom is -0.451 e. The fourth-order valence-electron chi connectivity index (χ4n) is 3.72. The van der Waals surface area contributed by atoms with Gasteiger partial charge < -0.3 is 14.3 Å². The van der Waals surface area contributed by atoms with Crippen LogP contribution in [0.15, 0.2) is 35.0 Å². The summed E-state index contributed by atoms with van der Waals surface area (Å²) in [6.07, 6.45) is -3.36. The van der Waals surface area contributed by atoms with Crippen molar-refractivity contribution in [2.24, 2.45) is 24.0 Å². The molecule has 12 heteroatoms. The smallest absolute Gasteiger partial charge is 0.416 e. The molecular formula is C28H32ClF3N4O4. The van der Waals surface area contributed by atoms with Gasteiger partial charge in [0.2, 0.25) is 6.29 Å². The summed E-state index contributed by atoms with van der Waals surface area (Å²) in [7, 11) is 1.59. The standard InChI is InChI=1S/C28H32ClF3N4O4/c1-6-16(2)27(37)40-18(4)39-26(25-24(29)17(3)34-36(25)5)22(14-33)23(35-38-15-19-10-11-19)13-20-8-7-9-21(12-20)28(30,31)32/h7-9,12,16,18-19H,6,10-11,13,15H2,1-5H3/b26-22-,35-23+. The first kappa shape index (κ1) is 31.0. The highest BCUT2D eigenvalue weighted by atomic mass is 35.5. The van der Waals surface area contributed by atoms with Gasteiger partial charge in [-0.2, -0.15) is 23.5 Å². The van der Waals surface area contributed by atoms with Crippen LogP contribution in [0.25, 0.3) is 5.76 Å². The number of nitriles is 1. The van der Waals surface area contributed by atoms with Gasteiger partial charge in [0, 0.05) is 20.4 Å². The number of carbonyl (C=O) groups excluding carboxylic acids is 1. The Bertz CT molecular complexity index is 1330. The normalized spacial score (nSPS) is 16.1. The second-order valence-electron chi connectivity index (χ2n) is 9.77. The number of aromatic nitrogens is 2. The summed E-state index contributed by atoms with van der Waals surface area (Å²) < 4.78 is 53.0. The first-order chi connectivity index (χ1) is 18.8. The lowest BCUT2D eigenvalue weighted by molar-refractivity contribution is -0.168. The highest BCUT2D eigenvalue weighted by Crippen LogP contribution is 2.34. The number of ether oxygens (including phenoxy) is 2. The number of carbonyl (C=O) groups is 1. The number of nitrogens with zero attached hydrogens (tertiary/aromatic N) is 4. The van der Waals surface area contributed by atoms with E-state index in [2.05, 4.69) is 16.3 Å². The van der Waals surface area contributed by atoms with Crippen molar-refractivity contribution in [1.29, 1.82) is 5.26 Å².